The Labute approximate surface area is 218 Å². The molecule has 2 aromatic carbocycles. The molecule has 2 aromatic rings. The minimum absolute atomic E-state index is 0. The van der Waals surface area contributed by atoms with E-state index in [4.69, 9.17) is 4.74 Å². The first-order valence-corrected chi connectivity index (χ1v) is 11.9. The van der Waals surface area contributed by atoms with E-state index in [1.54, 1.807) is 6.07 Å². The van der Waals surface area contributed by atoms with Gasteiger partial charge in [0.2, 0.25) is 0 Å². The van der Waals surface area contributed by atoms with Crippen LogP contribution in [-0.2, 0) is 12.8 Å². The van der Waals surface area contributed by atoms with Gasteiger partial charge in [-0.1, -0.05) is 43.5 Å². The number of nitrogens with zero attached hydrogens (tertiary/aromatic N) is 1. The number of aliphatic hydroxyl groups is 1. The molecule has 0 bridgehead atoms. The summed E-state index contributed by atoms with van der Waals surface area (Å²) in [6.45, 7) is 4.77. The Morgan fingerprint density at radius 1 is 0.971 bits per heavy atom. The lowest BCUT2D eigenvalue weighted by molar-refractivity contribution is -0.137. The quantitative estimate of drug-likeness (QED) is 0.470. The zero-order valence-electron chi connectivity index (χ0n) is 19.7. The van der Waals surface area contributed by atoms with Crippen LogP contribution < -0.4 is 10.1 Å². The first-order valence-electron chi connectivity index (χ1n) is 11.9. The number of nitrogens with one attached hydrogen (secondary N) is 1. The molecule has 2 fully saturated rings. The SMILES string of the molecule is Cl.Cl.OC1(C(CN2CCNCC2)c2ccc(OCc3cccc(C(F)(F)F)c3)cc2)CCCCC1. The molecule has 0 aromatic heterocycles. The molecule has 4 rings (SSSR count). The van der Waals surface area contributed by atoms with Crippen molar-refractivity contribution in [3.63, 3.8) is 0 Å². The zero-order valence-corrected chi connectivity index (χ0v) is 21.4. The van der Waals surface area contributed by atoms with Crippen LogP contribution in [0, 0.1) is 0 Å². The van der Waals surface area contributed by atoms with E-state index in [0.29, 0.717) is 11.3 Å². The fourth-order valence-corrected chi connectivity index (χ4v) is 5.05. The highest BCUT2D eigenvalue weighted by Gasteiger charge is 2.39. The third-order valence-corrected chi connectivity index (χ3v) is 6.96. The van der Waals surface area contributed by atoms with Crippen molar-refractivity contribution in [1.29, 1.82) is 0 Å². The molecular weight excluding hydrogens is 500 g/mol. The number of halogens is 5. The smallest absolute Gasteiger partial charge is 0.416 e. The molecule has 4 nitrogen and oxygen atoms in total. The van der Waals surface area contributed by atoms with Gasteiger partial charge in [-0.25, -0.2) is 0 Å². The van der Waals surface area contributed by atoms with Crippen molar-refractivity contribution in [2.24, 2.45) is 0 Å². The summed E-state index contributed by atoms with van der Waals surface area (Å²) in [6, 6.07) is 12.9. The summed E-state index contributed by atoms with van der Waals surface area (Å²) in [5.41, 5.74) is 0.186. The van der Waals surface area contributed by atoms with Crippen molar-refractivity contribution >= 4 is 24.8 Å². The summed E-state index contributed by atoms with van der Waals surface area (Å²) >= 11 is 0. The normalized spacial score (nSPS) is 19.2. The van der Waals surface area contributed by atoms with Crippen LogP contribution in [0.4, 0.5) is 13.2 Å². The van der Waals surface area contributed by atoms with Gasteiger partial charge in [-0.15, -0.1) is 24.8 Å². The molecule has 1 heterocycles. The van der Waals surface area contributed by atoms with E-state index in [2.05, 4.69) is 10.2 Å². The molecule has 0 radical (unpaired) electrons. The van der Waals surface area contributed by atoms with Gasteiger partial charge in [-0.05, 0) is 48.2 Å². The van der Waals surface area contributed by atoms with Gasteiger partial charge in [0.15, 0.2) is 0 Å². The van der Waals surface area contributed by atoms with Crippen LogP contribution in [0.2, 0.25) is 0 Å². The summed E-state index contributed by atoms with van der Waals surface area (Å²) < 4.78 is 44.6. The van der Waals surface area contributed by atoms with E-state index in [0.717, 1.165) is 76.1 Å². The Kier molecular flexibility index (Phi) is 11.2. The second kappa shape index (κ2) is 13.2. The highest BCUT2D eigenvalue weighted by atomic mass is 35.5. The maximum atomic E-state index is 12.9. The second-order valence-electron chi connectivity index (χ2n) is 9.32. The largest absolute Gasteiger partial charge is 0.489 e. The molecule has 1 atom stereocenters. The predicted octanol–water partition coefficient (Wildman–Crippen LogP) is 5.81. The van der Waals surface area contributed by atoms with Crippen molar-refractivity contribution in [1.82, 2.24) is 10.2 Å². The van der Waals surface area contributed by atoms with Crippen LogP contribution in [0.5, 0.6) is 5.75 Å². The number of hydrogen-bond acceptors (Lipinski definition) is 4. The first kappa shape index (κ1) is 29.7. The fourth-order valence-electron chi connectivity index (χ4n) is 5.05. The Hall–Kier alpha value is -1.51. The Balaban J connectivity index is 0.00000216. The third kappa shape index (κ3) is 7.99. The lowest BCUT2D eigenvalue weighted by Gasteiger charge is -2.42. The van der Waals surface area contributed by atoms with Gasteiger partial charge in [-0.3, -0.25) is 0 Å². The maximum Gasteiger partial charge on any atom is 0.416 e. The summed E-state index contributed by atoms with van der Waals surface area (Å²) in [6.07, 6.45) is 0.538. The molecule has 2 aliphatic rings. The lowest BCUT2D eigenvalue weighted by Crippen LogP contribution is -2.49. The van der Waals surface area contributed by atoms with Crippen LogP contribution in [0.3, 0.4) is 0 Å². The van der Waals surface area contributed by atoms with Gasteiger partial charge in [0.1, 0.15) is 12.4 Å². The molecule has 0 spiro atoms. The molecule has 1 saturated heterocycles. The molecular formula is C26H35Cl2F3N2O2. The Morgan fingerprint density at radius 2 is 1.63 bits per heavy atom. The highest BCUT2D eigenvalue weighted by molar-refractivity contribution is 5.85. The molecule has 1 saturated carbocycles. The average Bonchev–Trinajstić information content (AvgIpc) is 2.82. The number of hydrogen-bond donors (Lipinski definition) is 2. The average molecular weight is 535 g/mol. The third-order valence-electron chi connectivity index (χ3n) is 6.96. The van der Waals surface area contributed by atoms with E-state index in [1.165, 1.54) is 12.5 Å². The van der Waals surface area contributed by atoms with E-state index in [1.807, 2.05) is 24.3 Å². The van der Waals surface area contributed by atoms with Gasteiger partial charge in [0.05, 0.1) is 11.2 Å². The number of alkyl halides is 3. The van der Waals surface area contributed by atoms with Crippen molar-refractivity contribution in [2.45, 2.75) is 56.4 Å². The molecule has 35 heavy (non-hydrogen) atoms. The molecule has 9 heteroatoms. The highest BCUT2D eigenvalue weighted by Crippen LogP contribution is 2.41. The van der Waals surface area contributed by atoms with Crippen molar-refractivity contribution in [3.05, 3.63) is 65.2 Å². The topological polar surface area (TPSA) is 44.7 Å². The molecule has 1 aliphatic heterocycles. The van der Waals surface area contributed by atoms with Gasteiger partial charge < -0.3 is 20.1 Å². The number of benzene rings is 2. The molecule has 0 amide bonds. The molecule has 2 N–H and O–H groups in total. The van der Waals surface area contributed by atoms with Crippen molar-refractivity contribution in [3.8, 4) is 5.75 Å². The summed E-state index contributed by atoms with van der Waals surface area (Å²) in [4.78, 5) is 2.42. The monoisotopic (exact) mass is 534 g/mol. The Morgan fingerprint density at radius 3 is 2.26 bits per heavy atom. The van der Waals surface area contributed by atoms with Crippen molar-refractivity contribution in [2.75, 3.05) is 32.7 Å². The van der Waals surface area contributed by atoms with Gasteiger partial charge in [-0.2, -0.15) is 13.2 Å². The summed E-state index contributed by atoms with van der Waals surface area (Å²) in [5, 5.41) is 14.9. The van der Waals surface area contributed by atoms with Gasteiger partial charge >= 0.3 is 6.18 Å². The van der Waals surface area contributed by atoms with E-state index in [-0.39, 0.29) is 37.3 Å². The number of rotatable bonds is 7. The fraction of sp³-hybridized carbons (Fsp3) is 0.538. The van der Waals surface area contributed by atoms with E-state index in [9.17, 15) is 18.3 Å². The van der Waals surface area contributed by atoms with Crippen LogP contribution in [0.25, 0.3) is 0 Å². The Bertz CT molecular complexity index is 900. The van der Waals surface area contributed by atoms with Crippen LogP contribution in [0.1, 0.15) is 54.7 Å². The second-order valence-corrected chi connectivity index (χ2v) is 9.32. The molecule has 1 unspecified atom stereocenters. The van der Waals surface area contributed by atoms with E-state index >= 15 is 0 Å². The van der Waals surface area contributed by atoms with Gasteiger partial charge in [0, 0.05) is 38.6 Å². The van der Waals surface area contributed by atoms with Crippen LogP contribution in [0.15, 0.2) is 48.5 Å². The van der Waals surface area contributed by atoms with E-state index < -0.39 is 17.3 Å². The summed E-state index contributed by atoms with van der Waals surface area (Å²) in [5.74, 6) is 0.626. The molecule has 196 valence electrons. The minimum Gasteiger partial charge on any atom is -0.489 e. The maximum absolute atomic E-state index is 12.9. The predicted molar refractivity (Wildman–Crippen MR) is 137 cm³/mol. The number of piperazine rings is 1. The number of ether oxygens (including phenoxy) is 1. The molecule has 1 aliphatic carbocycles. The standard InChI is InChI=1S/C26H33F3N2O2.2ClH/c27-26(28,29)22-6-4-5-20(17-22)19-33-23-9-7-21(8-10-23)24(18-31-15-13-30-14-16-31)25(32)11-2-1-3-12-25;;/h4-10,17,24,30,32H,1-3,11-16,18-19H2;2*1H. The minimum atomic E-state index is -4.36. The zero-order chi connectivity index (χ0) is 23.3. The lowest BCUT2D eigenvalue weighted by atomic mass is 9.72. The summed E-state index contributed by atoms with van der Waals surface area (Å²) in [7, 11) is 0. The van der Waals surface area contributed by atoms with Gasteiger partial charge in [0.25, 0.3) is 0 Å². The van der Waals surface area contributed by atoms with Crippen LogP contribution >= 0.6 is 24.8 Å². The van der Waals surface area contributed by atoms with Crippen LogP contribution in [-0.4, -0.2) is 48.3 Å². The first-order chi connectivity index (χ1) is 15.8. The van der Waals surface area contributed by atoms with Crippen molar-refractivity contribution < 1.29 is 23.0 Å².